The van der Waals surface area contributed by atoms with E-state index in [-0.39, 0.29) is 17.7 Å². The summed E-state index contributed by atoms with van der Waals surface area (Å²) in [6.07, 6.45) is 3.51. The van der Waals surface area contributed by atoms with Gasteiger partial charge in [-0.05, 0) is 42.3 Å². The fraction of sp³-hybridized carbons (Fsp3) is 0.190. The number of benzene rings is 2. The van der Waals surface area contributed by atoms with Crippen molar-refractivity contribution in [3.05, 3.63) is 77.6 Å². The van der Waals surface area contributed by atoms with Gasteiger partial charge in [0.05, 0.1) is 16.3 Å². The molecule has 3 rings (SSSR count). The van der Waals surface area contributed by atoms with Crippen molar-refractivity contribution >= 4 is 29.1 Å². The van der Waals surface area contributed by atoms with Crippen molar-refractivity contribution in [1.29, 1.82) is 0 Å². The molecule has 2 N–H and O–H groups in total. The van der Waals surface area contributed by atoms with Crippen LogP contribution in [-0.2, 0) is 4.79 Å². The molecule has 1 atom stereocenters. The van der Waals surface area contributed by atoms with Gasteiger partial charge < -0.3 is 10.6 Å². The first-order valence-corrected chi connectivity index (χ1v) is 9.30. The number of carbonyl (C=O) groups excluding carboxylic acids is 2. The molecule has 3 aromatic rings. The van der Waals surface area contributed by atoms with Crippen LogP contribution in [0.4, 0.5) is 5.69 Å². The zero-order valence-electron chi connectivity index (χ0n) is 15.6. The second-order valence-electron chi connectivity index (χ2n) is 6.67. The highest BCUT2D eigenvalue weighted by Gasteiger charge is 2.25. The number of nitrogens with one attached hydrogen (secondary N) is 2. The first-order chi connectivity index (χ1) is 13.5. The zero-order chi connectivity index (χ0) is 20.1. The summed E-state index contributed by atoms with van der Waals surface area (Å²) >= 11 is 6.09. The van der Waals surface area contributed by atoms with E-state index >= 15 is 0 Å². The standard InChI is InChI=1S/C21H21ClN4O2/c1-14(2)19(25-20(27)17-9-3-4-10-18(17)22)21(28)24-15-7-5-8-16(13-15)26-12-6-11-23-26/h3-14,19H,1-2H3,(H,24,28)(H,25,27). The number of halogens is 1. The molecule has 0 aliphatic carbocycles. The van der Waals surface area contributed by atoms with Crippen molar-refractivity contribution in [3.63, 3.8) is 0 Å². The van der Waals surface area contributed by atoms with Crippen molar-refractivity contribution in [2.75, 3.05) is 5.32 Å². The van der Waals surface area contributed by atoms with Gasteiger partial charge in [-0.2, -0.15) is 5.10 Å². The van der Waals surface area contributed by atoms with E-state index in [9.17, 15) is 9.59 Å². The van der Waals surface area contributed by atoms with Crippen LogP contribution in [0.15, 0.2) is 67.0 Å². The molecular formula is C21H21ClN4O2. The van der Waals surface area contributed by atoms with E-state index in [1.165, 1.54) is 0 Å². The highest BCUT2D eigenvalue weighted by molar-refractivity contribution is 6.33. The Hall–Kier alpha value is -3.12. The van der Waals surface area contributed by atoms with Crippen LogP contribution in [0.2, 0.25) is 5.02 Å². The Morgan fingerprint density at radius 2 is 1.86 bits per heavy atom. The van der Waals surface area contributed by atoms with Crippen molar-refractivity contribution in [2.45, 2.75) is 19.9 Å². The number of hydrogen-bond donors (Lipinski definition) is 2. The van der Waals surface area contributed by atoms with Crippen LogP contribution in [-0.4, -0.2) is 27.6 Å². The van der Waals surface area contributed by atoms with Crippen molar-refractivity contribution in [3.8, 4) is 5.69 Å². The Bertz CT molecular complexity index is 970. The third kappa shape index (κ3) is 4.58. The lowest BCUT2D eigenvalue weighted by Gasteiger charge is -2.22. The minimum atomic E-state index is -0.711. The zero-order valence-corrected chi connectivity index (χ0v) is 16.4. The number of hydrogen-bond acceptors (Lipinski definition) is 3. The van der Waals surface area contributed by atoms with Gasteiger partial charge in [-0.1, -0.05) is 43.6 Å². The summed E-state index contributed by atoms with van der Waals surface area (Å²) in [5, 5.41) is 10.2. The quantitative estimate of drug-likeness (QED) is 0.663. The highest BCUT2D eigenvalue weighted by atomic mass is 35.5. The Kier molecular flexibility index (Phi) is 6.11. The third-order valence-corrected chi connectivity index (χ3v) is 4.57. The van der Waals surface area contributed by atoms with Gasteiger partial charge in [0.2, 0.25) is 5.91 Å². The van der Waals surface area contributed by atoms with Crippen molar-refractivity contribution in [1.82, 2.24) is 15.1 Å². The van der Waals surface area contributed by atoms with Crippen LogP contribution in [0.1, 0.15) is 24.2 Å². The molecule has 1 heterocycles. The maximum atomic E-state index is 12.8. The first-order valence-electron chi connectivity index (χ1n) is 8.92. The molecule has 0 bridgehead atoms. The normalized spacial score (nSPS) is 11.9. The number of aromatic nitrogens is 2. The average molecular weight is 397 g/mol. The molecule has 1 aromatic heterocycles. The van der Waals surface area contributed by atoms with Crippen molar-refractivity contribution < 1.29 is 9.59 Å². The molecule has 2 amide bonds. The molecule has 0 radical (unpaired) electrons. The van der Waals surface area contributed by atoms with Gasteiger partial charge in [0, 0.05) is 18.1 Å². The predicted molar refractivity (Wildman–Crippen MR) is 110 cm³/mol. The molecule has 0 aliphatic heterocycles. The summed E-state index contributed by atoms with van der Waals surface area (Å²) in [6, 6.07) is 15.2. The highest BCUT2D eigenvalue weighted by Crippen LogP contribution is 2.17. The van der Waals surface area contributed by atoms with Crippen LogP contribution >= 0.6 is 11.6 Å². The number of carbonyl (C=O) groups is 2. The molecule has 1 unspecified atom stereocenters. The van der Waals surface area contributed by atoms with Gasteiger partial charge in [-0.3, -0.25) is 9.59 Å². The topological polar surface area (TPSA) is 76.0 Å². The van der Waals surface area contributed by atoms with E-state index in [1.54, 1.807) is 41.2 Å². The van der Waals surface area contributed by atoms with E-state index in [1.807, 2.05) is 44.3 Å². The molecular weight excluding hydrogens is 376 g/mol. The third-order valence-electron chi connectivity index (χ3n) is 4.24. The molecule has 0 aliphatic rings. The van der Waals surface area contributed by atoms with Gasteiger partial charge in [0.25, 0.3) is 5.91 Å². The molecule has 0 spiro atoms. The first kappa shape index (κ1) is 19.6. The Morgan fingerprint density at radius 3 is 2.54 bits per heavy atom. The lowest BCUT2D eigenvalue weighted by molar-refractivity contribution is -0.118. The SMILES string of the molecule is CC(C)C(NC(=O)c1ccccc1Cl)C(=O)Nc1cccc(-n2cccn2)c1. The molecule has 7 heteroatoms. The largest absolute Gasteiger partial charge is 0.340 e. The van der Waals surface area contributed by atoms with Gasteiger partial charge in [-0.25, -0.2) is 4.68 Å². The van der Waals surface area contributed by atoms with Crippen molar-refractivity contribution in [2.24, 2.45) is 5.92 Å². The minimum Gasteiger partial charge on any atom is -0.340 e. The lowest BCUT2D eigenvalue weighted by Crippen LogP contribution is -2.47. The van der Waals surface area contributed by atoms with Crippen LogP contribution in [0.5, 0.6) is 0 Å². The number of amides is 2. The Balaban J connectivity index is 1.74. The summed E-state index contributed by atoms with van der Waals surface area (Å²) in [5.74, 6) is -0.793. The van der Waals surface area contributed by atoms with E-state index in [0.29, 0.717) is 16.3 Å². The molecule has 0 saturated carbocycles. The van der Waals surface area contributed by atoms with Gasteiger partial charge >= 0.3 is 0 Å². The maximum Gasteiger partial charge on any atom is 0.253 e. The summed E-state index contributed by atoms with van der Waals surface area (Å²) in [4.78, 5) is 25.4. The molecule has 2 aromatic carbocycles. The van der Waals surface area contributed by atoms with E-state index in [4.69, 9.17) is 11.6 Å². The van der Waals surface area contributed by atoms with Crippen LogP contribution in [0, 0.1) is 5.92 Å². The van der Waals surface area contributed by atoms with Crippen LogP contribution in [0.3, 0.4) is 0 Å². The smallest absolute Gasteiger partial charge is 0.253 e. The fourth-order valence-electron chi connectivity index (χ4n) is 2.77. The fourth-order valence-corrected chi connectivity index (χ4v) is 2.99. The average Bonchev–Trinajstić information content (AvgIpc) is 3.21. The molecule has 0 fully saturated rings. The van der Waals surface area contributed by atoms with Gasteiger partial charge in [0.15, 0.2) is 0 Å². The number of nitrogens with zero attached hydrogens (tertiary/aromatic N) is 2. The summed E-state index contributed by atoms with van der Waals surface area (Å²) in [6.45, 7) is 3.74. The predicted octanol–water partition coefficient (Wildman–Crippen LogP) is 3.92. The Morgan fingerprint density at radius 1 is 1.07 bits per heavy atom. The summed E-state index contributed by atoms with van der Waals surface area (Å²) in [5.41, 5.74) is 1.78. The maximum absolute atomic E-state index is 12.8. The van der Waals surface area contributed by atoms with Gasteiger partial charge in [-0.15, -0.1) is 0 Å². The van der Waals surface area contributed by atoms with Gasteiger partial charge in [0.1, 0.15) is 6.04 Å². The molecule has 6 nitrogen and oxygen atoms in total. The molecule has 28 heavy (non-hydrogen) atoms. The second kappa shape index (κ2) is 8.71. The van der Waals surface area contributed by atoms with E-state index in [0.717, 1.165) is 5.69 Å². The Labute approximate surface area is 168 Å². The van der Waals surface area contributed by atoms with Crippen LogP contribution in [0.25, 0.3) is 5.69 Å². The van der Waals surface area contributed by atoms with E-state index in [2.05, 4.69) is 15.7 Å². The lowest BCUT2D eigenvalue weighted by atomic mass is 10.0. The number of anilines is 1. The monoisotopic (exact) mass is 396 g/mol. The second-order valence-corrected chi connectivity index (χ2v) is 7.07. The minimum absolute atomic E-state index is 0.110. The molecule has 144 valence electrons. The van der Waals surface area contributed by atoms with Crippen LogP contribution < -0.4 is 10.6 Å². The van der Waals surface area contributed by atoms with E-state index < -0.39 is 6.04 Å². The summed E-state index contributed by atoms with van der Waals surface area (Å²) in [7, 11) is 0. The summed E-state index contributed by atoms with van der Waals surface area (Å²) < 4.78 is 1.70. The number of rotatable bonds is 6. The molecule has 0 saturated heterocycles.